The maximum atomic E-state index is 12.1. The summed E-state index contributed by atoms with van der Waals surface area (Å²) in [6.45, 7) is 1.28. The Morgan fingerprint density at radius 1 is 1.40 bits per heavy atom. The van der Waals surface area contributed by atoms with Crippen molar-refractivity contribution in [2.75, 3.05) is 13.1 Å². The van der Waals surface area contributed by atoms with Crippen molar-refractivity contribution in [2.24, 2.45) is 0 Å². The van der Waals surface area contributed by atoms with Gasteiger partial charge in [0.25, 0.3) is 0 Å². The lowest BCUT2D eigenvalue weighted by atomic mass is 10.0. The summed E-state index contributed by atoms with van der Waals surface area (Å²) in [5.74, 6) is 0.151. The Balaban J connectivity index is 1.59. The van der Waals surface area contributed by atoms with Gasteiger partial charge in [0.05, 0.1) is 6.10 Å². The summed E-state index contributed by atoms with van der Waals surface area (Å²) >= 11 is 0. The van der Waals surface area contributed by atoms with Crippen LogP contribution >= 0.6 is 0 Å². The van der Waals surface area contributed by atoms with Crippen LogP contribution in [0.3, 0.4) is 0 Å². The lowest BCUT2D eigenvalue weighted by molar-refractivity contribution is -0.134. The molecule has 1 aromatic carbocycles. The minimum Gasteiger partial charge on any atom is -0.391 e. The molecule has 1 aliphatic rings. The van der Waals surface area contributed by atoms with E-state index < -0.39 is 0 Å². The van der Waals surface area contributed by atoms with Gasteiger partial charge in [-0.15, -0.1) is 0 Å². The lowest BCUT2D eigenvalue weighted by Gasteiger charge is -2.30. The third-order valence-corrected chi connectivity index (χ3v) is 3.99. The minimum absolute atomic E-state index is 0.151. The van der Waals surface area contributed by atoms with Gasteiger partial charge in [0.2, 0.25) is 5.91 Å². The molecular formula is C16H20N2O2. The summed E-state index contributed by atoms with van der Waals surface area (Å²) < 4.78 is 0. The van der Waals surface area contributed by atoms with Gasteiger partial charge >= 0.3 is 0 Å². The second-order valence-electron chi connectivity index (χ2n) is 5.54. The second-order valence-corrected chi connectivity index (χ2v) is 5.54. The first-order valence-electron chi connectivity index (χ1n) is 7.24. The lowest BCUT2D eigenvalue weighted by Crippen LogP contribution is -2.42. The van der Waals surface area contributed by atoms with Crippen LogP contribution in [0.5, 0.6) is 0 Å². The molecule has 1 aliphatic heterocycles. The number of hydrogen-bond donors (Lipinski definition) is 2. The van der Waals surface area contributed by atoms with Crippen LogP contribution in [0.2, 0.25) is 0 Å². The second kappa shape index (κ2) is 5.67. The molecular weight excluding hydrogens is 252 g/mol. The molecule has 106 valence electrons. The number of carbonyl (C=O) groups excluding carboxylic acids is 1. The molecule has 1 unspecified atom stereocenters. The molecule has 2 aromatic rings. The SMILES string of the molecule is O=C(CCc1ccc2[nH]ccc2c1)N1CCCC(O)C1. The van der Waals surface area contributed by atoms with E-state index in [4.69, 9.17) is 0 Å². The largest absolute Gasteiger partial charge is 0.391 e. The van der Waals surface area contributed by atoms with Gasteiger partial charge in [-0.25, -0.2) is 0 Å². The maximum absolute atomic E-state index is 12.1. The van der Waals surface area contributed by atoms with E-state index in [2.05, 4.69) is 23.2 Å². The predicted molar refractivity (Wildman–Crippen MR) is 78.4 cm³/mol. The number of benzene rings is 1. The Hall–Kier alpha value is -1.81. The molecule has 0 bridgehead atoms. The number of amides is 1. The number of aryl methyl sites for hydroxylation is 1. The first kappa shape index (κ1) is 13.2. The molecule has 4 heteroatoms. The molecule has 1 saturated heterocycles. The van der Waals surface area contributed by atoms with Crippen LogP contribution in [-0.2, 0) is 11.2 Å². The standard InChI is InChI=1S/C16H20N2O2/c19-14-2-1-9-18(11-14)16(20)6-4-12-3-5-15-13(10-12)7-8-17-15/h3,5,7-8,10,14,17,19H,1-2,4,6,9,11H2. The molecule has 0 saturated carbocycles. The Labute approximate surface area is 118 Å². The molecule has 4 nitrogen and oxygen atoms in total. The van der Waals surface area contributed by atoms with Gasteiger partial charge in [0.15, 0.2) is 0 Å². The van der Waals surface area contributed by atoms with Gasteiger partial charge < -0.3 is 15.0 Å². The van der Waals surface area contributed by atoms with Crippen LogP contribution in [0, 0.1) is 0 Å². The van der Waals surface area contributed by atoms with Crippen molar-refractivity contribution in [3.8, 4) is 0 Å². The number of nitrogens with zero attached hydrogens (tertiary/aromatic N) is 1. The summed E-state index contributed by atoms with van der Waals surface area (Å²) in [6.07, 6.45) is 4.57. The molecule has 1 aromatic heterocycles. The number of aliphatic hydroxyl groups excluding tert-OH is 1. The molecule has 2 N–H and O–H groups in total. The van der Waals surface area contributed by atoms with E-state index in [1.165, 1.54) is 10.9 Å². The van der Waals surface area contributed by atoms with Crippen LogP contribution < -0.4 is 0 Å². The summed E-state index contributed by atoms with van der Waals surface area (Å²) in [7, 11) is 0. The number of H-pyrrole nitrogens is 1. The molecule has 2 heterocycles. The normalized spacial score (nSPS) is 19.4. The molecule has 1 atom stereocenters. The van der Waals surface area contributed by atoms with Crippen molar-refractivity contribution in [2.45, 2.75) is 31.8 Å². The predicted octanol–water partition coefficient (Wildman–Crippen LogP) is 2.08. The number of nitrogens with one attached hydrogen (secondary N) is 1. The number of rotatable bonds is 3. The molecule has 0 radical (unpaired) electrons. The van der Waals surface area contributed by atoms with E-state index in [0.717, 1.165) is 31.3 Å². The van der Waals surface area contributed by atoms with E-state index in [9.17, 15) is 9.90 Å². The van der Waals surface area contributed by atoms with Crippen LogP contribution in [-0.4, -0.2) is 40.1 Å². The molecule has 0 aliphatic carbocycles. The van der Waals surface area contributed by atoms with Crippen molar-refractivity contribution in [3.63, 3.8) is 0 Å². The zero-order valence-electron chi connectivity index (χ0n) is 11.5. The van der Waals surface area contributed by atoms with Crippen LogP contribution in [0.1, 0.15) is 24.8 Å². The van der Waals surface area contributed by atoms with E-state index in [0.29, 0.717) is 13.0 Å². The van der Waals surface area contributed by atoms with Crippen LogP contribution in [0.4, 0.5) is 0 Å². The van der Waals surface area contributed by atoms with Gasteiger partial charge in [0, 0.05) is 31.2 Å². The van der Waals surface area contributed by atoms with Crippen molar-refractivity contribution < 1.29 is 9.90 Å². The highest BCUT2D eigenvalue weighted by Crippen LogP contribution is 2.17. The third kappa shape index (κ3) is 2.85. The monoisotopic (exact) mass is 272 g/mol. The Bertz CT molecular complexity index is 605. The maximum Gasteiger partial charge on any atom is 0.222 e. The number of hydrogen-bond acceptors (Lipinski definition) is 2. The number of piperidine rings is 1. The Kier molecular flexibility index (Phi) is 3.74. The number of fused-ring (bicyclic) bond motifs is 1. The number of aliphatic hydroxyl groups is 1. The fraction of sp³-hybridized carbons (Fsp3) is 0.438. The number of aromatic nitrogens is 1. The summed E-state index contributed by atoms with van der Waals surface area (Å²) in [5, 5.41) is 10.8. The molecule has 1 fully saturated rings. The van der Waals surface area contributed by atoms with Crippen LogP contribution in [0.15, 0.2) is 30.5 Å². The Morgan fingerprint density at radius 3 is 3.15 bits per heavy atom. The highest BCUT2D eigenvalue weighted by atomic mass is 16.3. The number of aromatic amines is 1. The van der Waals surface area contributed by atoms with Gasteiger partial charge in [0.1, 0.15) is 0 Å². The number of β-amino-alcohol motifs (C(OH)–C–C–N with tert-alkyl or cyclic N) is 1. The Morgan fingerprint density at radius 2 is 2.30 bits per heavy atom. The summed E-state index contributed by atoms with van der Waals surface area (Å²) in [4.78, 5) is 17.1. The summed E-state index contributed by atoms with van der Waals surface area (Å²) in [5.41, 5.74) is 2.31. The fourth-order valence-corrected chi connectivity index (χ4v) is 2.85. The highest BCUT2D eigenvalue weighted by molar-refractivity contribution is 5.80. The van der Waals surface area contributed by atoms with Gasteiger partial charge in [-0.05, 0) is 48.4 Å². The first-order chi connectivity index (χ1) is 9.72. The fourth-order valence-electron chi connectivity index (χ4n) is 2.85. The summed E-state index contributed by atoms with van der Waals surface area (Å²) in [6, 6.07) is 8.29. The minimum atomic E-state index is -0.344. The number of likely N-dealkylation sites (tertiary alicyclic amines) is 1. The smallest absolute Gasteiger partial charge is 0.222 e. The average molecular weight is 272 g/mol. The third-order valence-electron chi connectivity index (χ3n) is 3.99. The van der Waals surface area contributed by atoms with E-state index in [1.807, 2.05) is 12.3 Å². The topological polar surface area (TPSA) is 56.3 Å². The zero-order valence-corrected chi connectivity index (χ0v) is 11.5. The highest BCUT2D eigenvalue weighted by Gasteiger charge is 2.21. The van der Waals surface area contributed by atoms with Crippen molar-refractivity contribution in [3.05, 3.63) is 36.0 Å². The molecule has 20 heavy (non-hydrogen) atoms. The molecule has 3 rings (SSSR count). The van der Waals surface area contributed by atoms with Crippen molar-refractivity contribution in [1.82, 2.24) is 9.88 Å². The molecule has 0 spiro atoms. The van der Waals surface area contributed by atoms with Crippen molar-refractivity contribution in [1.29, 1.82) is 0 Å². The van der Waals surface area contributed by atoms with E-state index >= 15 is 0 Å². The van der Waals surface area contributed by atoms with E-state index in [-0.39, 0.29) is 12.0 Å². The number of carbonyl (C=O) groups is 1. The quantitative estimate of drug-likeness (QED) is 0.899. The molecule has 1 amide bonds. The van der Waals surface area contributed by atoms with E-state index in [1.54, 1.807) is 4.90 Å². The van der Waals surface area contributed by atoms with Gasteiger partial charge in [-0.1, -0.05) is 6.07 Å². The first-order valence-corrected chi connectivity index (χ1v) is 7.24. The van der Waals surface area contributed by atoms with Gasteiger partial charge in [-0.2, -0.15) is 0 Å². The van der Waals surface area contributed by atoms with Crippen LogP contribution in [0.25, 0.3) is 10.9 Å². The average Bonchev–Trinajstić information content (AvgIpc) is 2.92. The zero-order chi connectivity index (χ0) is 13.9. The van der Waals surface area contributed by atoms with Gasteiger partial charge in [-0.3, -0.25) is 4.79 Å². The van der Waals surface area contributed by atoms with Crippen molar-refractivity contribution >= 4 is 16.8 Å².